The predicted octanol–water partition coefficient (Wildman–Crippen LogP) is 2.98. The lowest BCUT2D eigenvalue weighted by Crippen LogP contribution is -2.12. The van der Waals surface area contributed by atoms with Crippen LogP contribution in [0.4, 0.5) is 5.69 Å². The summed E-state index contributed by atoms with van der Waals surface area (Å²) in [5.41, 5.74) is 0.715. The van der Waals surface area contributed by atoms with E-state index in [9.17, 15) is 8.42 Å². The van der Waals surface area contributed by atoms with E-state index in [0.717, 1.165) is 0 Å². The minimum atomic E-state index is -3.84. The number of nitrogens with one attached hydrogen (secondary N) is 1. The lowest BCUT2D eigenvalue weighted by Gasteiger charge is -2.01. The van der Waals surface area contributed by atoms with Crippen molar-refractivity contribution >= 4 is 42.6 Å². The number of aromatic nitrogens is 1. The van der Waals surface area contributed by atoms with Crippen LogP contribution in [0, 0.1) is 0 Å². The Morgan fingerprint density at radius 3 is 2.74 bits per heavy atom. The van der Waals surface area contributed by atoms with Crippen LogP contribution >= 0.6 is 15.9 Å². The van der Waals surface area contributed by atoms with E-state index in [2.05, 4.69) is 30.3 Å². The fourth-order valence-corrected chi connectivity index (χ4v) is 3.72. The highest BCUT2D eigenvalue weighted by Gasteiger charge is 2.25. The van der Waals surface area contributed by atoms with Crippen molar-refractivity contribution in [2.24, 2.45) is 0 Å². The standard InChI is InChI=1S/C11H7BrN2O4S/c12-10-8-3-1-2-4-9(8)18-11(10)19(15,16)14-7-5-13-17-6-7/h1-6,14H. The molecule has 0 bridgehead atoms. The first-order valence-corrected chi connectivity index (χ1v) is 7.45. The van der Waals surface area contributed by atoms with Gasteiger partial charge < -0.3 is 8.94 Å². The van der Waals surface area contributed by atoms with Gasteiger partial charge in [0, 0.05) is 5.39 Å². The van der Waals surface area contributed by atoms with E-state index in [4.69, 9.17) is 4.42 Å². The van der Waals surface area contributed by atoms with Crippen LogP contribution in [-0.4, -0.2) is 13.6 Å². The van der Waals surface area contributed by atoms with E-state index < -0.39 is 10.0 Å². The van der Waals surface area contributed by atoms with Gasteiger partial charge in [-0.3, -0.25) is 4.72 Å². The van der Waals surface area contributed by atoms with Crippen LogP contribution in [0.15, 0.2) is 55.2 Å². The van der Waals surface area contributed by atoms with Crippen molar-refractivity contribution in [3.63, 3.8) is 0 Å². The van der Waals surface area contributed by atoms with Gasteiger partial charge in [0.15, 0.2) is 0 Å². The number of furan rings is 1. The number of hydrogen-bond donors (Lipinski definition) is 1. The number of hydrogen-bond acceptors (Lipinski definition) is 5. The summed E-state index contributed by atoms with van der Waals surface area (Å²) in [4.78, 5) is 0. The first-order chi connectivity index (χ1) is 9.08. The van der Waals surface area contributed by atoms with Crippen molar-refractivity contribution in [2.45, 2.75) is 5.09 Å². The molecule has 8 heteroatoms. The third kappa shape index (κ3) is 2.13. The number of halogens is 1. The molecule has 0 spiro atoms. The molecule has 0 fully saturated rings. The molecule has 98 valence electrons. The van der Waals surface area contributed by atoms with Crippen LogP contribution < -0.4 is 4.72 Å². The van der Waals surface area contributed by atoms with Crippen LogP contribution in [0.25, 0.3) is 11.0 Å². The zero-order chi connectivity index (χ0) is 13.5. The minimum Gasteiger partial charge on any atom is -0.442 e. The maximum Gasteiger partial charge on any atom is 0.296 e. The monoisotopic (exact) mass is 342 g/mol. The molecular weight excluding hydrogens is 336 g/mol. The summed E-state index contributed by atoms with van der Waals surface area (Å²) < 4.78 is 37.0. The van der Waals surface area contributed by atoms with Crippen molar-refractivity contribution in [3.8, 4) is 0 Å². The van der Waals surface area contributed by atoms with Crippen molar-refractivity contribution in [3.05, 3.63) is 41.2 Å². The van der Waals surface area contributed by atoms with Gasteiger partial charge in [-0.15, -0.1) is 0 Å². The zero-order valence-electron chi connectivity index (χ0n) is 9.33. The third-order valence-corrected chi connectivity index (χ3v) is 4.76. The summed E-state index contributed by atoms with van der Waals surface area (Å²) in [6.07, 6.45) is 2.45. The normalized spacial score (nSPS) is 11.8. The zero-order valence-corrected chi connectivity index (χ0v) is 11.7. The highest BCUT2D eigenvalue weighted by molar-refractivity contribution is 9.10. The van der Waals surface area contributed by atoms with Crippen molar-refractivity contribution in [2.75, 3.05) is 4.72 Å². The molecule has 0 atom stereocenters. The molecule has 1 N–H and O–H groups in total. The van der Waals surface area contributed by atoms with Gasteiger partial charge in [0.05, 0.1) is 10.7 Å². The Labute approximate surface area is 116 Å². The highest BCUT2D eigenvalue weighted by atomic mass is 79.9. The summed E-state index contributed by atoms with van der Waals surface area (Å²) >= 11 is 3.24. The predicted molar refractivity (Wildman–Crippen MR) is 71.2 cm³/mol. The van der Waals surface area contributed by atoms with Gasteiger partial charge >= 0.3 is 0 Å². The van der Waals surface area contributed by atoms with Gasteiger partial charge in [0.25, 0.3) is 15.1 Å². The second-order valence-electron chi connectivity index (χ2n) is 3.72. The first kappa shape index (κ1) is 12.2. The smallest absolute Gasteiger partial charge is 0.296 e. The van der Waals surface area contributed by atoms with E-state index in [1.165, 1.54) is 12.5 Å². The number of benzene rings is 1. The molecule has 0 aliphatic heterocycles. The lowest BCUT2D eigenvalue weighted by atomic mass is 10.3. The van der Waals surface area contributed by atoms with E-state index in [-0.39, 0.29) is 10.8 Å². The summed E-state index contributed by atoms with van der Waals surface area (Å²) in [6, 6.07) is 7.02. The van der Waals surface area contributed by atoms with Gasteiger partial charge in [0.2, 0.25) is 0 Å². The quantitative estimate of drug-likeness (QED) is 0.790. The average Bonchev–Trinajstić information content (AvgIpc) is 2.98. The van der Waals surface area contributed by atoms with E-state index in [0.29, 0.717) is 15.4 Å². The molecule has 1 aromatic carbocycles. The number of sulfonamides is 1. The van der Waals surface area contributed by atoms with Gasteiger partial charge in [0.1, 0.15) is 17.5 Å². The Kier molecular flexibility index (Phi) is 2.83. The SMILES string of the molecule is O=S(=O)(Nc1cnoc1)c1oc2ccccc2c1Br. The third-order valence-electron chi connectivity index (χ3n) is 2.43. The largest absolute Gasteiger partial charge is 0.442 e. The molecule has 6 nitrogen and oxygen atoms in total. The molecule has 0 saturated carbocycles. The van der Waals surface area contributed by atoms with Crippen molar-refractivity contribution in [1.82, 2.24) is 5.16 Å². The van der Waals surface area contributed by atoms with Gasteiger partial charge in [-0.2, -0.15) is 8.42 Å². The Balaban J connectivity index is 2.11. The molecule has 3 aromatic rings. The van der Waals surface area contributed by atoms with Gasteiger partial charge in [-0.1, -0.05) is 17.3 Å². The summed E-state index contributed by atoms with van der Waals surface area (Å²) in [6.45, 7) is 0. The molecule has 0 amide bonds. The Morgan fingerprint density at radius 2 is 2.05 bits per heavy atom. The van der Waals surface area contributed by atoms with Crippen LogP contribution in [0.5, 0.6) is 0 Å². The number of anilines is 1. The van der Waals surface area contributed by atoms with Crippen molar-refractivity contribution in [1.29, 1.82) is 0 Å². The van der Waals surface area contributed by atoms with E-state index in [1.54, 1.807) is 24.3 Å². The number of fused-ring (bicyclic) bond motifs is 1. The lowest BCUT2D eigenvalue weighted by molar-refractivity contribution is 0.420. The van der Waals surface area contributed by atoms with Crippen LogP contribution in [0.3, 0.4) is 0 Å². The number of nitrogens with zero attached hydrogens (tertiary/aromatic N) is 1. The van der Waals surface area contributed by atoms with Gasteiger partial charge in [-0.05, 0) is 28.1 Å². The Hall–Kier alpha value is -1.80. The molecule has 0 aliphatic carbocycles. The number of rotatable bonds is 3. The molecular formula is C11H7BrN2O4S. The molecule has 19 heavy (non-hydrogen) atoms. The average molecular weight is 343 g/mol. The molecule has 2 heterocycles. The first-order valence-electron chi connectivity index (χ1n) is 5.17. The fourth-order valence-electron chi connectivity index (χ4n) is 1.62. The molecule has 0 radical (unpaired) electrons. The Bertz CT molecular complexity index is 824. The second-order valence-corrected chi connectivity index (χ2v) is 6.09. The number of para-hydroxylation sites is 1. The summed E-state index contributed by atoms with van der Waals surface area (Å²) in [7, 11) is -3.84. The second kappa shape index (κ2) is 4.39. The molecule has 0 unspecified atom stereocenters. The molecule has 0 saturated heterocycles. The van der Waals surface area contributed by atoms with Crippen LogP contribution in [-0.2, 0) is 10.0 Å². The van der Waals surface area contributed by atoms with Gasteiger partial charge in [-0.25, -0.2) is 0 Å². The molecule has 2 aromatic heterocycles. The van der Waals surface area contributed by atoms with Crippen molar-refractivity contribution < 1.29 is 17.4 Å². The molecule has 3 rings (SSSR count). The topological polar surface area (TPSA) is 85.3 Å². The maximum atomic E-state index is 12.2. The fraction of sp³-hybridized carbons (Fsp3) is 0. The van der Waals surface area contributed by atoms with E-state index >= 15 is 0 Å². The highest BCUT2D eigenvalue weighted by Crippen LogP contribution is 2.34. The minimum absolute atomic E-state index is 0.185. The summed E-state index contributed by atoms with van der Waals surface area (Å²) in [5.74, 6) is 0. The maximum absolute atomic E-state index is 12.2. The Morgan fingerprint density at radius 1 is 1.26 bits per heavy atom. The van der Waals surface area contributed by atoms with E-state index in [1.807, 2.05) is 0 Å². The van der Waals surface area contributed by atoms with Crippen LogP contribution in [0.1, 0.15) is 0 Å². The molecule has 0 aliphatic rings. The summed E-state index contributed by atoms with van der Waals surface area (Å²) in [5, 5.41) is 3.92. The van der Waals surface area contributed by atoms with Crippen LogP contribution in [0.2, 0.25) is 0 Å².